The second kappa shape index (κ2) is 5.80. The largest absolute Gasteiger partial charge is 0.390 e. The van der Waals surface area contributed by atoms with E-state index in [0.29, 0.717) is 0 Å². The Morgan fingerprint density at radius 1 is 1.45 bits per heavy atom. The summed E-state index contributed by atoms with van der Waals surface area (Å²) in [4.78, 5) is 6.60. The molecule has 4 heteroatoms. The Morgan fingerprint density at radius 3 is 2.95 bits per heavy atom. The average Bonchev–Trinajstić information content (AvgIpc) is 2.47. The zero-order chi connectivity index (χ0) is 14.0. The molecule has 0 unspecified atom stereocenters. The van der Waals surface area contributed by atoms with Gasteiger partial charge >= 0.3 is 0 Å². The molecule has 1 N–H and O–H groups in total. The molecule has 1 aromatic heterocycles. The lowest BCUT2D eigenvalue weighted by Gasteiger charge is -2.46. The molecule has 2 saturated heterocycles. The molecule has 0 radical (unpaired) electrons. The standard InChI is InChI=1S/C16H24N2O2/c1-13-11-17-7-4-14(13)12-18-8-5-16(6-9-18)15(19)3-2-10-20-16/h4,7,11,15,19H,2-3,5-6,8-10,12H2,1H3/t15-/m1/s1. The zero-order valence-corrected chi connectivity index (χ0v) is 12.2. The summed E-state index contributed by atoms with van der Waals surface area (Å²) < 4.78 is 5.95. The third kappa shape index (κ3) is 2.73. The van der Waals surface area contributed by atoms with E-state index in [-0.39, 0.29) is 11.7 Å². The first-order valence-electron chi connectivity index (χ1n) is 7.63. The summed E-state index contributed by atoms with van der Waals surface area (Å²) in [7, 11) is 0. The lowest BCUT2D eigenvalue weighted by molar-refractivity contribution is -0.177. The smallest absolute Gasteiger partial charge is 0.0964 e. The number of hydrogen-bond acceptors (Lipinski definition) is 4. The van der Waals surface area contributed by atoms with Crippen molar-refractivity contribution in [2.75, 3.05) is 19.7 Å². The van der Waals surface area contributed by atoms with Gasteiger partial charge in [-0.25, -0.2) is 0 Å². The average molecular weight is 276 g/mol. The zero-order valence-electron chi connectivity index (χ0n) is 12.2. The van der Waals surface area contributed by atoms with Crippen LogP contribution in [0, 0.1) is 6.92 Å². The third-order valence-corrected chi connectivity index (χ3v) is 4.85. The van der Waals surface area contributed by atoms with Gasteiger partial charge in [-0.2, -0.15) is 0 Å². The van der Waals surface area contributed by atoms with Crippen LogP contribution in [0.4, 0.5) is 0 Å². The van der Waals surface area contributed by atoms with Crippen molar-refractivity contribution in [2.24, 2.45) is 0 Å². The quantitative estimate of drug-likeness (QED) is 0.896. The summed E-state index contributed by atoms with van der Waals surface area (Å²) >= 11 is 0. The molecule has 0 saturated carbocycles. The lowest BCUT2D eigenvalue weighted by atomic mass is 9.82. The molecule has 20 heavy (non-hydrogen) atoms. The molecule has 1 spiro atoms. The van der Waals surface area contributed by atoms with E-state index in [4.69, 9.17) is 4.74 Å². The number of piperidine rings is 1. The molecule has 0 aliphatic carbocycles. The minimum Gasteiger partial charge on any atom is -0.390 e. The first-order chi connectivity index (χ1) is 9.70. The van der Waals surface area contributed by atoms with E-state index >= 15 is 0 Å². The molecular formula is C16H24N2O2. The molecular weight excluding hydrogens is 252 g/mol. The van der Waals surface area contributed by atoms with E-state index in [0.717, 1.165) is 51.9 Å². The highest BCUT2D eigenvalue weighted by molar-refractivity contribution is 5.21. The number of ether oxygens (including phenoxy) is 1. The van der Waals surface area contributed by atoms with Crippen LogP contribution in [0.5, 0.6) is 0 Å². The van der Waals surface area contributed by atoms with Crippen molar-refractivity contribution in [3.05, 3.63) is 29.6 Å². The normalized spacial score (nSPS) is 26.8. The number of pyridine rings is 1. The molecule has 3 heterocycles. The summed E-state index contributed by atoms with van der Waals surface area (Å²) in [5, 5.41) is 10.3. The highest BCUT2D eigenvalue weighted by Gasteiger charge is 2.43. The molecule has 2 aliphatic heterocycles. The van der Waals surface area contributed by atoms with Crippen LogP contribution in [0.2, 0.25) is 0 Å². The van der Waals surface area contributed by atoms with Gasteiger partial charge in [0, 0.05) is 38.6 Å². The summed E-state index contributed by atoms with van der Waals surface area (Å²) in [5.41, 5.74) is 2.34. The molecule has 2 aliphatic rings. The van der Waals surface area contributed by atoms with Gasteiger partial charge in [-0.3, -0.25) is 9.88 Å². The fourth-order valence-electron chi connectivity index (χ4n) is 3.40. The van der Waals surface area contributed by atoms with Gasteiger partial charge in [-0.05, 0) is 49.8 Å². The molecule has 4 nitrogen and oxygen atoms in total. The van der Waals surface area contributed by atoms with Gasteiger partial charge in [0.2, 0.25) is 0 Å². The fraction of sp³-hybridized carbons (Fsp3) is 0.688. The lowest BCUT2D eigenvalue weighted by Crippen LogP contribution is -2.55. The summed E-state index contributed by atoms with van der Waals surface area (Å²) in [6, 6.07) is 2.10. The van der Waals surface area contributed by atoms with E-state index in [1.54, 1.807) is 0 Å². The minimum absolute atomic E-state index is 0.262. The number of aromatic nitrogens is 1. The number of nitrogens with zero attached hydrogens (tertiary/aromatic N) is 2. The Labute approximate surface area is 120 Å². The third-order valence-electron chi connectivity index (χ3n) is 4.85. The van der Waals surface area contributed by atoms with E-state index in [9.17, 15) is 5.11 Å². The van der Waals surface area contributed by atoms with Crippen LogP contribution < -0.4 is 0 Å². The van der Waals surface area contributed by atoms with Crippen LogP contribution in [-0.4, -0.2) is 46.4 Å². The first kappa shape index (κ1) is 14.0. The Bertz CT molecular complexity index is 456. The van der Waals surface area contributed by atoms with Crippen LogP contribution in [0.3, 0.4) is 0 Å². The van der Waals surface area contributed by atoms with Crippen LogP contribution in [0.25, 0.3) is 0 Å². The molecule has 0 amide bonds. The summed E-state index contributed by atoms with van der Waals surface area (Å²) in [6.45, 7) is 5.89. The highest BCUT2D eigenvalue weighted by atomic mass is 16.5. The second-order valence-corrected chi connectivity index (χ2v) is 6.15. The molecule has 1 aromatic rings. The number of aliphatic hydroxyl groups excluding tert-OH is 1. The van der Waals surface area contributed by atoms with Gasteiger partial charge in [-0.15, -0.1) is 0 Å². The maximum atomic E-state index is 10.3. The molecule has 3 rings (SSSR count). The molecule has 0 bridgehead atoms. The van der Waals surface area contributed by atoms with Crippen molar-refractivity contribution in [1.82, 2.24) is 9.88 Å². The molecule has 110 valence electrons. The van der Waals surface area contributed by atoms with Crippen LogP contribution in [0.1, 0.15) is 36.8 Å². The number of rotatable bonds is 2. The van der Waals surface area contributed by atoms with Gasteiger partial charge in [-0.1, -0.05) is 0 Å². The van der Waals surface area contributed by atoms with Gasteiger partial charge < -0.3 is 9.84 Å². The molecule has 2 fully saturated rings. The van der Waals surface area contributed by atoms with Gasteiger partial charge in [0.05, 0.1) is 11.7 Å². The van der Waals surface area contributed by atoms with Crippen molar-refractivity contribution in [2.45, 2.75) is 50.9 Å². The Balaban J connectivity index is 1.60. The molecule has 1 atom stereocenters. The Hall–Kier alpha value is -0.970. The first-order valence-corrected chi connectivity index (χ1v) is 7.63. The van der Waals surface area contributed by atoms with Gasteiger partial charge in [0.25, 0.3) is 0 Å². The van der Waals surface area contributed by atoms with Gasteiger partial charge in [0.1, 0.15) is 0 Å². The number of likely N-dealkylation sites (tertiary alicyclic amines) is 1. The summed E-state index contributed by atoms with van der Waals surface area (Å²) in [6.07, 6.45) is 7.28. The minimum atomic E-state index is -0.277. The maximum absolute atomic E-state index is 10.3. The predicted molar refractivity (Wildman–Crippen MR) is 77.4 cm³/mol. The van der Waals surface area contributed by atoms with Crippen molar-refractivity contribution >= 4 is 0 Å². The predicted octanol–water partition coefficient (Wildman–Crippen LogP) is 1.90. The topological polar surface area (TPSA) is 45.6 Å². The van der Waals surface area contributed by atoms with Crippen LogP contribution >= 0.6 is 0 Å². The summed E-state index contributed by atoms with van der Waals surface area (Å²) in [5.74, 6) is 0. The Kier molecular flexibility index (Phi) is 4.06. The van der Waals surface area contributed by atoms with E-state index in [1.165, 1.54) is 11.1 Å². The van der Waals surface area contributed by atoms with E-state index in [2.05, 4.69) is 22.9 Å². The monoisotopic (exact) mass is 276 g/mol. The van der Waals surface area contributed by atoms with E-state index < -0.39 is 0 Å². The number of aliphatic hydroxyl groups is 1. The number of aryl methyl sites for hydroxylation is 1. The Morgan fingerprint density at radius 2 is 2.25 bits per heavy atom. The molecule has 0 aromatic carbocycles. The van der Waals surface area contributed by atoms with Crippen molar-refractivity contribution in [1.29, 1.82) is 0 Å². The highest BCUT2D eigenvalue weighted by Crippen LogP contribution is 2.35. The number of hydrogen-bond donors (Lipinski definition) is 1. The maximum Gasteiger partial charge on any atom is 0.0964 e. The van der Waals surface area contributed by atoms with Crippen molar-refractivity contribution in [3.63, 3.8) is 0 Å². The van der Waals surface area contributed by atoms with Crippen LogP contribution in [-0.2, 0) is 11.3 Å². The van der Waals surface area contributed by atoms with Crippen LogP contribution in [0.15, 0.2) is 18.5 Å². The van der Waals surface area contributed by atoms with E-state index in [1.807, 2.05) is 12.4 Å². The second-order valence-electron chi connectivity index (χ2n) is 6.15. The van der Waals surface area contributed by atoms with Crippen molar-refractivity contribution < 1.29 is 9.84 Å². The fourth-order valence-corrected chi connectivity index (χ4v) is 3.40. The van der Waals surface area contributed by atoms with Gasteiger partial charge in [0.15, 0.2) is 0 Å². The SMILES string of the molecule is Cc1cnccc1CN1CCC2(CC1)OCCC[C@H]2O. The van der Waals surface area contributed by atoms with Crippen molar-refractivity contribution in [3.8, 4) is 0 Å².